The molecule has 0 spiro atoms. The summed E-state index contributed by atoms with van der Waals surface area (Å²) >= 11 is 0. The number of carbonyl (C=O) groups excluding carboxylic acids is 3. The Hall–Kier alpha value is -3.09. The third-order valence-corrected chi connectivity index (χ3v) is 3.87. The van der Waals surface area contributed by atoms with Crippen LogP contribution in [0, 0.1) is 11.2 Å². The number of ketones is 1. The molecule has 1 aromatic carbocycles. The van der Waals surface area contributed by atoms with Crippen LogP contribution in [0.25, 0.3) is 11.1 Å². The van der Waals surface area contributed by atoms with Crippen LogP contribution in [0.3, 0.4) is 0 Å². The summed E-state index contributed by atoms with van der Waals surface area (Å²) in [4.78, 5) is 40.2. The van der Waals surface area contributed by atoms with Gasteiger partial charge < -0.3 is 9.47 Å². The van der Waals surface area contributed by atoms with Crippen LogP contribution in [0.15, 0.2) is 36.5 Å². The Morgan fingerprint density at radius 2 is 1.79 bits per heavy atom. The van der Waals surface area contributed by atoms with Crippen LogP contribution in [0.1, 0.15) is 44.1 Å². The van der Waals surface area contributed by atoms with E-state index in [2.05, 4.69) is 9.72 Å². The molecule has 2 rings (SSSR count). The molecule has 1 aromatic heterocycles. The molecule has 0 N–H and O–H groups in total. The van der Waals surface area contributed by atoms with Crippen molar-refractivity contribution in [3.63, 3.8) is 0 Å². The number of rotatable bonds is 6. The minimum atomic E-state index is -0.804. The highest BCUT2D eigenvalue weighted by atomic mass is 19.1. The number of pyridine rings is 1. The largest absolute Gasteiger partial charge is 0.469 e. The van der Waals surface area contributed by atoms with Crippen molar-refractivity contribution in [3.05, 3.63) is 48.0 Å². The van der Waals surface area contributed by atoms with Crippen LogP contribution in [-0.2, 0) is 14.3 Å². The molecule has 148 valence electrons. The van der Waals surface area contributed by atoms with Crippen molar-refractivity contribution in [1.82, 2.24) is 4.98 Å². The zero-order valence-electron chi connectivity index (χ0n) is 16.2. The SMILES string of the molecule is COC(=O)CCC(=O)c1ncc(-c2cccc(F)c2)cc1OC(=O)C(C)(C)C. The van der Waals surface area contributed by atoms with Crippen molar-refractivity contribution in [2.24, 2.45) is 5.41 Å². The smallest absolute Gasteiger partial charge is 0.316 e. The van der Waals surface area contributed by atoms with Crippen LogP contribution in [0.2, 0.25) is 0 Å². The average molecular weight is 387 g/mol. The first-order valence-electron chi connectivity index (χ1n) is 8.70. The fourth-order valence-electron chi connectivity index (χ4n) is 2.25. The Morgan fingerprint density at radius 1 is 1.07 bits per heavy atom. The van der Waals surface area contributed by atoms with Gasteiger partial charge in [-0.2, -0.15) is 0 Å². The Kier molecular flexibility index (Phi) is 6.62. The molecule has 1 heterocycles. The van der Waals surface area contributed by atoms with E-state index in [1.54, 1.807) is 32.9 Å². The number of hydrogen-bond donors (Lipinski definition) is 0. The van der Waals surface area contributed by atoms with E-state index in [4.69, 9.17) is 4.74 Å². The summed E-state index contributed by atoms with van der Waals surface area (Å²) in [6, 6.07) is 7.30. The monoisotopic (exact) mass is 387 g/mol. The van der Waals surface area contributed by atoms with E-state index in [1.165, 1.54) is 31.5 Å². The molecule has 0 aliphatic rings. The van der Waals surface area contributed by atoms with Crippen LogP contribution < -0.4 is 4.74 Å². The summed E-state index contributed by atoms with van der Waals surface area (Å²) in [5.74, 6) is -2.00. The average Bonchev–Trinajstić information content (AvgIpc) is 2.65. The van der Waals surface area contributed by atoms with E-state index in [1.807, 2.05) is 0 Å². The summed E-state index contributed by atoms with van der Waals surface area (Å²) in [5, 5.41) is 0. The van der Waals surface area contributed by atoms with Gasteiger partial charge in [-0.15, -0.1) is 0 Å². The fraction of sp³-hybridized carbons (Fsp3) is 0.333. The molecule has 7 heteroatoms. The van der Waals surface area contributed by atoms with Crippen molar-refractivity contribution in [2.45, 2.75) is 33.6 Å². The third-order valence-electron chi connectivity index (χ3n) is 3.87. The Labute approximate surface area is 162 Å². The number of methoxy groups -OCH3 is 1. The first-order chi connectivity index (χ1) is 13.1. The number of nitrogens with zero attached hydrogens (tertiary/aromatic N) is 1. The molecule has 0 saturated carbocycles. The summed E-state index contributed by atoms with van der Waals surface area (Å²) < 4.78 is 23.5. The van der Waals surface area contributed by atoms with Crippen LogP contribution in [0.4, 0.5) is 4.39 Å². The van der Waals surface area contributed by atoms with E-state index in [0.717, 1.165) is 0 Å². The van der Waals surface area contributed by atoms with Gasteiger partial charge in [0.15, 0.2) is 11.5 Å². The molecule has 2 aromatic rings. The summed E-state index contributed by atoms with van der Waals surface area (Å²) in [6.45, 7) is 5.04. The number of hydrogen-bond acceptors (Lipinski definition) is 6. The molecule has 0 saturated heterocycles. The van der Waals surface area contributed by atoms with Crippen molar-refractivity contribution in [1.29, 1.82) is 0 Å². The molecule has 0 fully saturated rings. The van der Waals surface area contributed by atoms with E-state index in [0.29, 0.717) is 11.1 Å². The molecule has 0 bridgehead atoms. The number of benzene rings is 1. The number of Topliss-reactive ketones (excluding diaryl/α,β-unsaturated/α-hetero) is 1. The molecular formula is C21H22FNO5. The van der Waals surface area contributed by atoms with Gasteiger partial charge in [0.05, 0.1) is 18.9 Å². The molecule has 0 radical (unpaired) electrons. The quantitative estimate of drug-likeness (QED) is 0.551. The second-order valence-electron chi connectivity index (χ2n) is 7.22. The van der Waals surface area contributed by atoms with E-state index < -0.39 is 29.0 Å². The maximum atomic E-state index is 13.5. The van der Waals surface area contributed by atoms with Gasteiger partial charge in [-0.1, -0.05) is 12.1 Å². The van der Waals surface area contributed by atoms with Gasteiger partial charge >= 0.3 is 11.9 Å². The zero-order valence-corrected chi connectivity index (χ0v) is 16.2. The number of ether oxygens (including phenoxy) is 2. The summed E-state index contributed by atoms with van der Waals surface area (Å²) in [7, 11) is 1.23. The Balaban J connectivity index is 2.41. The van der Waals surface area contributed by atoms with Crippen LogP contribution in [-0.4, -0.2) is 29.8 Å². The highest BCUT2D eigenvalue weighted by Gasteiger charge is 2.27. The molecule has 0 amide bonds. The number of aromatic nitrogens is 1. The lowest BCUT2D eigenvalue weighted by Gasteiger charge is -2.18. The number of carbonyl (C=O) groups is 3. The van der Waals surface area contributed by atoms with Crippen molar-refractivity contribution < 1.29 is 28.2 Å². The summed E-state index contributed by atoms with van der Waals surface area (Å²) in [6.07, 6.45) is 1.14. The number of esters is 2. The van der Waals surface area contributed by atoms with Crippen molar-refractivity contribution >= 4 is 17.7 Å². The highest BCUT2D eigenvalue weighted by Crippen LogP contribution is 2.29. The van der Waals surface area contributed by atoms with Gasteiger partial charge in [0.1, 0.15) is 11.5 Å². The summed E-state index contributed by atoms with van der Waals surface area (Å²) in [5.41, 5.74) is 0.137. The van der Waals surface area contributed by atoms with Gasteiger partial charge in [0.25, 0.3) is 0 Å². The highest BCUT2D eigenvalue weighted by molar-refractivity contribution is 5.99. The minimum absolute atomic E-state index is 0.0310. The second-order valence-corrected chi connectivity index (χ2v) is 7.22. The molecule has 28 heavy (non-hydrogen) atoms. The molecule has 0 unspecified atom stereocenters. The maximum Gasteiger partial charge on any atom is 0.316 e. The van der Waals surface area contributed by atoms with Crippen LogP contribution >= 0.6 is 0 Å². The van der Waals surface area contributed by atoms with E-state index >= 15 is 0 Å². The molecule has 0 aliphatic carbocycles. The first kappa shape index (κ1) is 21.2. The fourth-order valence-corrected chi connectivity index (χ4v) is 2.25. The zero-order chi connectivity index (χ0) is 20.9. The maximum absolute atomic E-state index is 13.5. The van der Waals surface area contributed by atoms with Gasteiger partial charge in [-0.25, -0.2) is 9.37 Å². The van der Waals surface area contributed by atoms with Gasteiger partial charge in [0.2, 0.25) is 0 Å². The van der Waals surface area contributed by atoms with Crippen LogP contribution in [0.5, 0.6) is 5.75 Å². The Morgan fingerprint density at radius 3 is 2.39 bits per heavy atom. The third kappa shape index (κ3) is 5.45. The molecule has 0 atom stereocenters. The van der Waals surface area contributed by atoms with E-state index in [9.17, 15) is 18.8 Å². The lowest BCUT2D eigenvalue weighted by molar-refractivity contribution is -0.143. The number of halogens is 1. The van der Waals surface area contributed by atoms with Gasteiger partial charge in [-0.3, -0.25) is 14.4 Å². The van der Waals surface area contributed by atoms with Crippen molar-refractivity contribution in [3.8, 4) is 16.9 Å². The first-order valence-corrected chi connectivity index (χ1v) is 8.70. The standard InChI is InChI=1S/C21H22FNO5/c1-21(2,3)20(26)28-17-11-14(13-6-5-7-15(22)10-13)12-23-19(17)16(24)8-9-18(25)27-4/h5-7,10-12H,8-9H2,1-4H3. The van der Waals surface area contributed by atoms with Gasteiger partial charge in [-0.05, 0) is 44.5 Å². The van der Waals surface area contributed by atoms with E-state index in [-0.39, 0.29) is 24.3 Å². The normalized spacial score (nSPS) is 11.0. The lowest BCUT2D eigenvalue weighted by Crippen LogP contribution is -2.26. The Bertz CT molecular complexity index is 902. The van der Waals surface area contributed by atoms with Gasteiger partial charge in [0, 0.05) is 18.2 Å². The van der Waals surface area contributed by atoms with Crippen molar-refractivity contribution in [2.75, 3.05) is 7.11 Å². The second kappa shape index (κ2) is 8.73. The molecular weight excluding hydrogens is 365 g/mol. The minimum Gasteiger partial charge on any atom is -0.469 e. The predicted molar refractivity (Wildman–Crippen MR) is 100 cm³/mol. The predicted octanol–water partition coefficient (Wildman–Crippen LogP) is 3.98. The molecule has 6 nitrogen and oxygen atoms in total. The topological polar surface area (TPSA) is 82.6 Å². The molecule has 0 aliphatic heterocycles. The lowest BCUT2D eigenvalue weighted by atomic mass is 9.97.